The first kappa shape index (κ1) is 18.8. The zero-order valence-corrected chi connectivity index (χ0v) is 15.4. The molecule has 1 N–H and O–H groups in total. The fourth-order valence-corrected chi connectivity index (χ4v) is 3.03. The van der Waals surface area contributed by atoms with Gasteiger partial charge in [-0.05, 0) is 37.4 Å². The predicted molar refractivity (Wildman–Crippen MR) is 102 cm³/mol. The van der Waals surface area contributed by atoms with Crippen LogP contribution in [0.3, 0.4) is 0 Å². The van der Waals surface area contributed by atoms with Crippen molar-refractivity contribution in [1.29, 1.82) is 0 Å². The van der Waals surface area contributed by atoms with E-state index in [-0.39, 0.29) is 11.1 Å². The van der Waals surface area contributed by atoms with Gasteiger partial charge in [0, 0.05) is 31.7 Å². The standard InChI is InChI=1S/C20H22FN3O3/c1-23-9-11-24(12-10-23)18-8-7-14(13-16(18)21)19(25)22-17-6-4-3-5-15(17)20(26)27-2/h3-8,13H,9-12H2,1-2H3,(H,22,25). The van der Waals surface area contributed by atoms with Gasteiger partial charge in [-0.2, -0.15) is 0 Å². The van der Waals surface area contributed by atoms with Crippen LogP contribution in [0.25, 0.3) is 0 Å². The number of halogens is 1. The van der Waals surface area contributed by atoms with Crippen LogP contribution < -0.4 is 10.2 Å². The maximum atomic E-state index is 14.6. The zero-order chi connectivity index (χ0) is 19.4. The van der Waals surface area contributed by atoms with E-state index in [1.54, 1.807) is 36.4 Å². The van der Waals surface area contributed by atoms with Crippen LogP contribution in [-0.4, -0.2) is 57.1 Å². The maximum Gasteiger partial charge on any atom is 0.339 e. The van der Waals surface area contributed by atoms with Gasteiger partial charge < -0.3 is 19.9 Å². The summed E-state index contributed by atoms with van der Waals surface area (Å²) in [5, 5.41) is 2.65. The molecule has 0 radical (unpaired) electrons. The fraction of sp³-hybridized carbons (Fsp3) is 0.300. The molecule has 1 aliphatic rings. The molecule has 7 heteroatoms. The highest BCUT2D eigenvalue weighted by Crippen LogP contribution is 2.23. The molecular formula is C20H22FN3O3. The summed E-state index contributed by atoms with van der Waals surface area (Å²) in [6.07, 6.45) is 0. The summed E-state index contributed by atoms with van der Waals surface area (Å²) in [5.41, 5.74) is 1.24. The Bertz CT molecular complexity index is 848. The second-order valence-electron chi connectivity index (χ2n) is 6.45. The molecule has 0 atom stereocenters. The van der Waals surface area contributed by atoms with E-state index in [1.807, 2.05) is 11.9 Å². The number of ether oxygens (including phenoxy) is 1. The Morgan fingerprint density at radius 3 is 2.44 bits per heavy atom. The zero-order valence-electron chi connectivity index (χ0n) is 15.4. The van der Waals surface area contributed by atoms with Crippen LogP contribution in [0.2, 0.25) is 0 Å². The first-order valence-corrected chi connectivity index (χ1v) is 8.71. The first-order valence-electron chi connectivity index (χ1n) is 8.71. The molecule has 1 heterocycles. The SMILES string of the molecule is COC(=O)c1ccccc1NC(=O)c1ccc(N2CCN(C)CC2)c(F)c1. The minimum atomic E-state index is -0.553. The van der Waals surface area contributed by atoms with Crippen molar-refractivity contribution in [2.24, 2.45) is 0 Å². The molecular weight excluding hydrogens is 349 g/mol. The van der Waals surface area contributed by atoms with E-state index in [1.165, 1.54) is 13.2 Å². The molecule has 27 heavy (non-hydrogen) atoms. The Kier molecular flexibility index (Phi) is 5.71. The molecule has 1 saturated heterocycles. The van der Waals surface area contributed by atoms with Gasteiger partial charge in [-0.3, -0.25) is 4.79 Å². The summed E-state index contributed by atoms with van der Waals surface area (Å²) in [5.74, 6) is -1.48. The van der Waals surface area contributed by atoms with Crippen molar-refractivity contribution >= 4 is 23.3 Å². The summed E-state index contributed by atoms with van der Waals surface area (Å²) in [6.45, 7) is 3.22. The van der Waals surface area contributed by atoms with Gasteiger partial charge in [0.15, 0.2) is 0 Å². The highest BCUT2D eigenvalue weighted by atomic mass is 19.1. The number of anilines is 2. The number of carbonyl (C=O) groups is 2. The van der Waals surface area contributed by atoms with Gasteiger partial charge in [0.25, 0.3) is 5.91 Å². The number of carbonyl (C=O) groups excluding carboxylic acids is 2. The molecule has 2 aromatic rings. The summed E-state index contributed by atoms with van der Waals surface area (Å²) < 4.78 is 19.3. The lowest BCUT2D eigenvalue weighted by molar-refractivity contribution is 0.0602. The molecule has 142 valence electrons. The van der Waals surface area contributed by atoms with Crippen LogP contribution in [0, 0.1) is 5.82 Å². The number of esters is 1. The number of nitrogens with zero attached hydrogens (tertiary/aromatic N) is 2. The van der Waals surface area contributed by atoms with Gasteiger partial charge in [-0.1, -0.05) is 12.1 Å². The number of methoxy groups -OCH3 is 1. The Morgan fingerprint density at radius 2 is 1.78 bits per heavy atom. The molecule has 3 rings (SSSR count). The second-order valence-corrected chi connectivity index (χ2v) is 6.45. The summed E-state index contributed by atoms with van der Waals surface area (Å²) in [4.78, 5) is 28.5. The van der Waals surface area contributed by atoms with Crippen molar-refractivity contribution in [1.82, 2.24) is 4.90 Å². The van der Waals surface area contributed by atoms with Crippen molar-refractivity contribution < 1.29 is 18.7 Å². The molecule has 0 unspecified atom stereocenters. The highest BCUT2D eigenvalue weighted by Gasteiger charge is 2.19. The van der Waals surface area contributed by atoms with Crippen LogP contribution in [0.5, 0.6) is 0 Å². The number of nitrogens with one attached hydrogen (secondary N) is 1. The van der Waals surface area contributed by atoms with Crippen molar-refractivity contribution in [3.05, 3.63) is 59.4 Å². The quantitative estimate of drug-likeness (QED) is 0.837. The van der Waals surface area contributed by atoms with E-state index in [0.717, 1.165) is 26.2 Å². The van der Waals surface area contributed by atoms with Crippen molar-refractivity contribution in [2.75, 3.05) is 50.6 Å². The Hall–Kier alpha value is -2.93. The monoisotopic (exact) mass is 371 g/mol. The summed E-state index contributed by atoms with van der Waals surface area (Å²) in [7, 11) is 3.31. The number of benzene rings is 2. The van der Waals surface area contributed by atoms with E-state index < -0.39 is 17.7 Å². The molecule has 1 amide bonds. The molecule has 0 aromatic heterocycles. The first-order chi connectivity index (χ1) is 13.0. The highest BCUT2D eigenvalue weighted by molar-refractivity contribution is 6.08. The number of para-hydroxylation sites is 1. The van der Waals surface area contributed by atoms with Crippen molar-refractivity contribution in [2.45, 2.75) is 0 Å². The van der Waals surface area contributed by atoms with E-state index in [0.29, 0.717) is 11.4 Å². The van der Waals surface area contributed by atoms with E-state index in [2.05, 4.69) is 10.2 Å². The van der Waals surface area contributed by atoms with Crippen LogP contribution in [0.1, 0.15) is 20.7 Å². The normalized spacial score (nSPS) is 14.7. The average molecular weight is 371 g/mol. The third kappa shape index (κ3) is 4.25. The Labute approximate surface area is 157 Å². The van der Waals surface area contributed by atoms with E-state index in [4.69, 9.17) is 4.74 Å². The Morgan fingerprint density at radius 1 is 1.07 bits per heavy atom. The Balaban J connectivity index is 1.77. The van der Waals surface area contributed by atoms with Crippen LogP contribution >= 0.6 is 0 Å². The second kappa shape index (κ2) is 8.18. The summed E-state index contributed by atoms with van der Waals surface area (Å²) >= 11 is 0. The third-order valence-corrected chi connectivity index (χ3v) is 4.63. The molecule has 0 spiro atoms. The smallest absolute Gasteiger partial charge is 0.339 e. The van der Waals surface area contributed by atoms with Crippen LogP contribution in [0.4, 0.5) is 15.8 Å². The number of amides is 1. The number of likely N-dealkylation sites (N-methyl/N-ethyl adjacent to an activating group) is 1. The average Bonchev–Trinajstić information content (AvgIpc) is 2.68. The summed E-state index contributed by atoms with van der Waals surface area (Å²) in [6, 6.07) is 11.0. The number of rotatable bonds is 4. The number of hydrogen-bond donors (Lipinski definition) is 1. The molecule has 0 saturated carbocycles. The molecule has 1 aliphatic heterocycles. The molecule has 0 bridgehead atoms. The third-order valence-electron chi connectivity index (χ3n) is 4.63. The number of piperazine rings is 1. The lowest BCUT2D eigenvalue weighted by atomic mass is 10.1. The van der Waals surface area contributed by atoms with Gasteiger partial charge in [0.1, 0.15) is 5.82 Å². The van der Waals surface area contributed by atoms with Crippen molar-refractivity contribution in [3.8, 4) is 0 Å². The fourth-order valence-electron chi connectivity index (χ4n) is 3.03. The molecule has 0 aliphatic carbocycles. The molecule has 6 nitrogen and oxygen atoms in total. The molecule has 2 aromatic carbocycles. The van der Waals surface area contributed by atoms with Gasteiger partial charge in [-0.15, -0.1) is 0 Å². The predicted octanol–water partition coefficient (Wildman–Crippen LogP) is 2.62. The van der Waals surface area contributed by atoms with Gasteiger partial charge in [0.05, 0.1) is 24.0 Å². The molecule has 1 fully saturated rings. The van der Waals surface area contributed by atoms with Gasteiger partial charge in [0.2, 0.25) is 0 Å². The topological polar surface area (TPSA) is 61.9 Å². The minimum absolute atomic E-state index is 0.185. The largest absolute Gasteiger partial charge is 0.465 e. The lowest BCUT2D eigenvalue weighted by Crippen LogP contribution is -2.44. The van der Waals surface area contributed by atoms with E-state index >= 15 is 0 Å². The van der Waals surface area contributed by atoms with Crippen molar-refractivity contribution in [3.63, 3.8) is 0 Å². The number of hydrogen-bond acceptors (Lipinski definition) is 5. The maximum absolute atomic E-state index is 14.6. The van der Waals surface area contributed by atoms with E-state index in [9.17, 15) is 14.0 Å². The van der Waals surface area contributed by atoms with Crippen LogP contribution in [-0.2, 0) is 4.74 Å². The van der Waals surface area contributed by atoms with Gasteiger partial charge in [-0.25, -0.2) is 9.18 Å². The van der Waals surface area contributed by atoms with Crippen LogP contribution in [0.15, 0.2) is 42.5 Å². The minimum Gasteiger partial charge on any atom is -0.465 e. The van der Waals surface area contributed by atoms with Gasteiger partial charge >= 0.3 is 5.97 Å². The lowest BCUT2D eigenvalue weighted by Gasteiger charge is -2.34.